The van der Waals surface area contributed by atoms with Crippen LogP contribution in [0.3, 0.4) is 0 Å². The van der Waals surface area contributed by atoms with Crippen molar-refractivity contribution in [3.63, 3.8) is 0 Å². The van der Waals surface area contributed by atoms with E-state index in [9.17, 15) is 9.59 Å². The third-order valence-electron chi connectivity index (χ3n) is 6.13. The Morgan fingerprint density at radius 2 is 1.72 bits per heavy atom. The predicted octanol–water partition coefficient (Wildman–Crippen LogP) is 2.47. The van der Waals surface area contributed by atoms with E-state index in [1.54, 1.807) is 40.8 Å². The van der Waals surface area contributed by atoms with Gasteiger partial charge in [0.05, 0.1) is 16.6 Å². The van der Waals surface area contributed by atoms with E-state index in [0.717, 1.165) is 42.7 Å². The maximum Gasteiger partial charge on any atom is 0.266 e. The summed E-state index contributed by atoms with van der Waals surface area (Å²) in [5.41, 5.74) is 2.29. The van der Waals surface area contributed by atoms with Gasteiger partial charge in [-0.1, -0.05) is 12.1 Å². The molecule has 1 saturated heterocycles. The first-order valence-corrected chi connectivity index (χ1v) is 10.8. The summed E-state index contributed by atoms with van der Waals surface area (Å²) in [6, 6.07) is 14.5. The second-order valence-electron chi connectivity index (χ2n) is 8.20. The Morgan fingerprint density at radius 3 is 2.50 bits per heavy atom. The van der Waals surface area contributed by atoms with E-state index in [2.05, 4.69) is 15.0 Å². The van der Waals surface area contributed by atoms with Crippen molar-refractivity contribution in [3.05, 3.63) is 81.6 Å². The molecule has 1 aliphatic rings. The minimum atomic E-state index is -0.0937. The first-order valence-electron chi connectivity index (χ1n) is 10.8. The Balaban J connectivity index is 1.32. The Hall–Kier alpha value is -3.81. The predicted molar refractivity (Wildman–Crippen MR) is 124 cm³/mol. The minimum absolute atomic E-state index is 0.0311. The van der Waals surface area contributed by atoms with Gasteiger partial charge >= 0.3 is 0 Å². The van der Waals surface area contributed by atoms with Gasteiger partial charge in [0, 0.05) is 50.7 Å². The summed E-state index contributed by atoms with van der Waals surface area (Å²) in [7, 11) is 1.78. The molecular weight excluding hydrogens is 404 g/mol. The molecule has 162 valence electrons. The van der Waals surface area contributed by atoms with E-state index >= 15 is 0 Å². The molecule has 32 heavy (non-hydrogen) atoms. The number of pyridine rings is 1. The minimum Gasteiger partial charge on any atom is -0.342 e. The average Bonchev–Trinajstić information content (AvgIpc) is 2.84. The van der Waals surface area contributed by atoms with Gasteiger partial charge in [-0.15, -0.1) is 0 Å². The van der Waals surface area contributed by atoms with Crippen molar-refractivity contribution in [2.45, 2.75) is 19.4 Å². The van der Waals surface area contributed by atoms with E-state index in [1.165, 1.54) is 0 Å². The molecule has 8 nitrogen and oxygen atoms in total. The van der Waals surface area contributed by atoms with Gasteiger partial charge in [0.1, 0.15) is 0 Å². The molecule has 1 fully saturated rings. The van der Waals surface area contributed by atoms with Gasteiger partial charge in [0.25, 0.3) is 11.1 Å². The van der Waals surface area contributed by atoms with Crippen LogP contribution in [0.25, 0.3) is 22.2 Å². The number of aromatic nitrogens is 5. The van der Waals surface area contributed by atoms with Crippen LogP contribution in [-0.4, -0.2) is 37.4 Å². The van der Waals surface area contributed by atoms with Crippen LogP contribution in [-0.2, 0) is 13.6 Å². The molecule has 0 unspecified atom stereocenters. The zero-order chi connectivity index (χ0) is 22.1. The van der Waals surface area contributed by atoms with Gasteiger partial charge in [-0.05, 0) is 49.1 Å². The van der Waals surface area contributed by atoms with Crippen LogP contribution in [0.5, 0.6) is 0 Å². The highest BCUT2D eigenvalue weighted by Gasteiger charge is 2.23. The number of hydrogen-bond donors (Lipinski definition) is 0. The molecule has 4 heterocycles. The maximum absolute atomic E-state index is 12.7. The van der Waals surface area contributed by atoms with Crippen LogP contribution in [0.1, 0.15) is 12.8 Å². The zero-order valence-corrected chi connectivity index (χ0v) is 17.9. The average molecular weight is 428 g/mol. The van der Waals surface area contributed by atoms with Crippen molar-refractivity contribution in [1.82, 2.24) is 24.3 Å². The van der Waals surface area contributed by atoms with Crippen molar-refractivity contribution in [3.8, 4) is 11.3 Å². The Kier molecular flexibility index (Phi) is 5.26. The zero-order valence-electron chi connectivity index (χ0n) is 17.9. The van der Waals surface area contributed by atoms with Gasteiger partial charge < -0.3 is 4.90 Å². The SMILES string of the molecule is Cn1c(N2CCC(Cn3nc(-c4ccncc4)ccc3=O)CC2)nc2ccccc2c1=O. The van der Waals surface area contributed by atoms with Crippen LogP contribution in [0.15, 0.2) is 70.5 Å². The van der Waals surface area contributed by atoms with E-state index < -0.39 is 0 Å². The lowest BCUT2D eigenvalue weighted by Gasteiger charge is -2.33. The van der Waals surface area contributed by atoms with Crippen LogP contribution >= 0.6 is 0 Å². The molecule has 4 aromatic rings. The van der Waals surface area contributed by atoms with E-state index in [0.29, 0.717) is 23.8 Å². The molecule has 0 atom stereocenters. The van der Waals surface area contributed by atoms with Gasteiger partial charge in [-0.25, -0.2) is 9.67 Å². The number of hydrogen-bond acceptors (Lipinski definition) is 6. The Labute approximate surface area is 184 Å². The largest absolute Gasteiger partial charge is 0.342 e. The summed E-state index contributed by atoms with van der Waals surface area (Å²) >= 11 is 0. The number of fused-ring (bicyclic) bond motifs is 1. The Morgan fingerprint density at radius 1 is 0.969 bits per heavy atom. The molecule has 0 saturated carbocycles. The van der Waals surface area contributed by atoms with E-state index in [-0.39, 0.29) is 11.1 Å². The van der Waals surface area contributed by atoms with Gasteiger partial charge in [0.2, 0.25) is 5.95 Å². The summed E-state index contributed by atoms with van der Waals surface area (Å²) < 4.78 is 3.20. The van der Waals surface area contributed by atoms with Crippen molar-refractivity contribution in [2.75, 3.05) is 18.0 Å². The van der Waals surface area contributed by atoms with Crippen molar-refractivity contribution < 1.29 is 0 Å². The molecule has 0 radical (unpaired) electrons. The highest BCUT2D eigenvalue weighted by molar-refractivity contribution is 5.78. The van der Waals surface area contributed by atoms with Crippen molar-refractivity contribution in [2.24, 2.45) is 13.0 Å². The quantitative estimate of drug-likeness (QED) is 0.496. The van der Waals surface area contributed by atoms with E-state index in [1.807, 2.05) is 36.4 Å². The van der Waals surface area contributed by atoms with Crippen LogP contribution in [0.2, 0.25) is 0 Å². The lowest BCUT2D eigenvalue weighted by molar-refractivity contribution is 0.333. The topological polar surface area (TPSA) is 85.9 Å². The number of nitrogens with zero attached hydrogens (tertiary/aromatic N) is 6. The number of piperidine rings is 1. The highest BCUT2D eigenvalue weighted by Crippen LogP contribution is 2.23. The summed E-state index contributed by atoms with van der Waals surface area (Å²) in [4.78, 5) is 36.1. The number of anilines is 1. The molecule has 0 aliphatic carbocycles. The molecule has 0 spiro atoms. The van der Waals surface area contributed by atoms with Gasteiger partial charge in [0.15, 0.2) is 0 Å². The number of para-hydroxylation sites is 1. The van der Waals surface area contributed by atoms with Crippen molar-refractivity contribution >= 4 is 16.9 Å². The fourth-order valence-corrected chi connectivity index (χ4v) is 4.31. The number of rotatable bonds is 4. The van der Waals surface area contributed by atoms with E-state index in [4.69, 9.17) is 4.98 Å². The third kappa shape index (κ3) is 3.79. The van der Waals surface area contributed by atoms with Gasteiger partial charge in [-0.2, -0.15) is 5.10 Å². The molecular formula is C24H24N6O2. The summed E-state index contributed by atoms with van der Waals surface area (Å²) in [5, 5.41) is 5.21. The monoisotopic (exact) mass is 428 g/mol. The maximum atomic E-state index is 12.7. The highest BCUT2D eigenvalue weighted by atomic mass is 16.1. The molecule has 8 heteroatoms. The first-order chi connectivity index (χ1) is 15.6. The lowest BCUT2D eigenvalue weighted by atomic mass is 9.97. The molecule has 1 aliphatic heterocycles. The molecule has 3 aromatic heterocycles. The number of benzene rings is 1. The lowest BCUT2D eigenvalue weighted by Crippen LogP contribution is -2.40. The van der Waals surface area contributed by atoms with Crippen LogP contribution in [0.4, 0.5) is 5.95 Å². The first kappa shape index (κ1) is 20.1. The summed E-state index contributed by atoms with van der Waals surface area (Å²) in [6.45, 7) is 2.14. The molecule has 1 aromatic carbocycles. The summed E-state index contributed by atoms with van der Waals surface area (Å²) in [6.07, 6.45) is 5.24. The van der Waals surface area contributed by atoms with Crippen LogP contribution in [0, 0.1) is 5.92 Å². The second-order valence-corrected chi connectivity index (χ2v) is 8.20. The molecule has 0 N–H and O–H groups in total. The van der Waals surface area contributed by atoms with Crippen molar-refractivity contribution in [1.29, 1.82) is 0 Å². The summed E-state index contributed by atoms with van der Waals surface area (Å²) in [5.74, 6) is 1.03. The standard InChI is InChI=1S/C24H24N6O2/c1-28-23(32)19-4-2-3-5-21(19)26-24(28)29-14-10-17(11-15-29)16-30-22(31)7-6-20(27-30)18-8-12-25-13-9-18/h2-9,12-13,17H,10-11,14-16H2,1H3. The van der Waals surface area contributed by atoms with Gasteiger partial charge in [-0.3, -0.25) is 19.1 Å². The Bertz CT molecular complexity index is 1370. The second kappa shape index (κ2) is 8.37. The fraction of sp³-hybridized carbons (Fsp3) is 0.292. The molecule has 5 rings (SSSR count). The smallest absolute Gasteiger partial charge is 0.266 e. The van der Waals surface area contributed by atoms with Crippen LogP contribution < -0.4 is 16.0 Å². The third-order valence-corrected chi connectivity index (χ3v) is 6.13. The molecule has 0 amide bonds. The normalized spacial score (nSPS) is 14.7. The fourth-order valence-electron chi connectivity index (χ4n) is 4.31. The molecule has 0 bridgehead atoms.